The van der Waals surface area contributed by atoms with Gasteiger partial charge in [0.05, 0.1) is 0 Å². The van der Waals surface area contributed by atoms with Crippen molar-refractivity contribution in [1.29, 1.82) is 0 Å². The molecule has 1 aliphatic rings. The van der Waals surface area contributed by atoms with Crippen LogP contribution in [0, 0.1) is 0 Å². The van der Waals surface area contributed by atoms with E-state index in [1.807, 2.05) is 41.5 Å². The fraction of sp³-hybridized carbons (Fsp3) is 0.400. The highest BCUT2D eigenvalue weighted by molar-refractivity contribution is 8.03. The number of nitrogens with zero attached hydrogens (tertiary/aromatic N) is 3. The number of hydrogen-bond donors (Lipinski definition) is 0. The number of amides is 1. The molecule has 2 heterocycles. The van der Waals surface area contributed by atoms with E-state index in [0.717, 1.165) is 40.2 Å². The number of rotatable bonds is 5. The van der Waals surface area contributed by atoms with E-state index in [1.54, 1.807) is 23.1 Å². The maximum Gasteiger partial charge on any atom is 0.240 e. The third-order valence-electron chi connectivity index (χ3n) is 3.53. The highest BCUT2D eigenvalue weighted by atomic mass is 32.2. The molecular formula is C15H17N3OS3. The Kier molecular flexibility index (Phi) is 5.38. The highest BCUT2D eigenvalue weighted by Gasteiger charge is 2.29. The summed E-state index contributed by atoms with van der Waals surface area (Å²) in [5, 5.41) is 8.09. The average molecular weight is 352 g/mol. The number of carbonyl (C=O) groups is 1. The van der Waals surface area contributed by atoms with E-state index in [1.165, 1.54) is 11.8 Å². The summed E-state index contributed by atoms with van der Waals surface area (Å²) < 4.78 is 1.79. The van der Waals surface area contributed by atoms with Crippen molar-refractivity contribution in [2.75, 3.05) is 19.3 Å². The van der Waals surface area contributed by atoms with Crippen LogP contribution >= 0.6 is 34.9 Å². The molecule has 1 aromatic heterocycles. The Hall–Kier alpha value is -1.05. The van der Waals surface area contributed by atoms with Gasteiger partial charge in [0.2, 0.25) is 5.91 Å². The maximum atomic E-state index is 12.9. The molecule has 3 rings (SSSR count). The van der Waals surface area contributed by atoms with Crippen LogP contribution in [0.4, 0.5) is 0 Å². The van der Waals surface area contributed by atoms with Crippen LogP contribution in [0.15, 0.2) is 39.0 Å². The van der Waals surface area contributed by atoms with Gasteiger partial charge in [0.25, 0.3) is 0 Å². The summed E-state index contributed by atoms with van der Waals surface area (Å²) >= 11 is 4.64. The van der Waals surface area contributed by atoms with E-state index >= 15 is 0 Å². The molecule has 0 saturated carbocycles. The minimum atomic E-state index is -0.234. The molecular weight excluding hydrogens is 334 g/mol. The van der Waals surface area contributed by atoms with Crippen molar-refractivity contribution in [1.82, 2.24) is 15.1 Å². The first-order valence-corrected chi connectivity index (χ1v) is 10.1. The molecule has 0 unspecified atom stereocenters. The van der Waals surface area contributed by atoms with E-state index in [0.29, 0.717) is 0 Å². The molecule has 0 radical (unpaired) electrons. The Labute approximate surface area is 142 Å². The molecule has 7 heteroatoms. The molecule has 1 aromatic carbocycles. The zero-order valence-corrected chi connectivity index (χ0v) is 14.7. The zero-order chi connectivity index (χ0) is 15.4. The Morgan fingerprint density at radius 3 is 2.50 bits per heavy atom. The largest absolute Gasteiger partial charge is 0.341 e. The molecule has 22 heavy (non-hydrogen) atoms. The minimum absolute atomic E-state index is 0.189. The third-order valence-corrected chi connectivity index (χ3v) is 6.75. The first kappa shape index (κ1) is 15.8. The van der Waals surface area contributed by atoms with Gasteiger partial charge in [-0.15, -0.1) is 10.2 Å². The molecule has 0 aliphatic carbocycles. The predicted octanol–water partition coefficient (Wildman–Crippen LogP) is 3.72. The van der Waals surface area contributed by atoms with Crippen molar-refractivity contribution in [3.8, 4) is 0 Å². The molecule has 0 bridgehead atoms. The van der Waals surface area contributed by atoms with Crippen LogP contribution in [0.1, 0.15) is 23.7 Å². The Balaban J connectivity index is 1.83. The van der Waals surface area contributed by atoms with E-state index in [9.17, 15) is 4.79 Å². The van der Waals surface area contributed by atoms with E-state index < -0.39 is 0 Å². The van der Waals surface area contributed by atoms with Crippen LogP contribution in [0.2, 0.25) is 0 Å². The second-order valence-electron chi connectivity index (χ2n) is 4.98. The standard InChI is InChI=1S/C15H17N3OS3/c1-20-14-16-17-15(22-14)21-12(11-7-3-2-4-8-11)13(19)18-9-5-6-10-18/h2-4,7-8,12H,5-6,9-10H2,1H3/t12-/m0/s1. The topological polar surface area (TPSA) is 46.1 Å². The Bertz CT molecular complexity index is 626. The van der Waals surface area contributed by atoms with Crippen molar-refractivity contribution in [3.05, 3.63) is 35.9 Å². The smallest absolute Gasteiger partial charge is 0.240 e. The molecule has 0 N–H and O–H groups in total. The zero-order valence-electron chi connectivity index (χ0n) is 12.3. The third kappa shape index (κ3) is 3.64. The maximum absolute atomic E-state index is 12.9. The van der Waals surface area contributed by atoms with Crippen molar-refractivity contribution in [3.63, 3.8) is 0 Å². The molecule has 1 atom stereocenters. The van der Waals surface area contributed by atoms with Crippen LogP contribution in [0.3, 0.4) is 0 Å². The number of likely N-dealkylation sites (tertiary alicyclic amines) is 1. The lowest BCUT2D eigenvalue weighted by atomic mass is 10.1. The summed E-state index contributed by atoms with van der Waals surface area (Å²) in [6.45, 7) is 1.74. The predicted molar refractivity (Wildman–Crippen MR) is 92.5 cm³/mol. The lowest BCUT2D eigenvalue weighted by Gasteiger charge is -2.22. The first-order valence-electron chi connectivity index (χ1n) is 7.16. The first-order chi connectivity index (χ1) is 10.8. The Morgan fingerprint density at radius 2 is 1.86 bits per heavy atom. The van der Waals surface area contributed by atoms with Gasteiger partial charge >= 0.3 is 0 Å². The molecule has 116 valence electrons. The molecule has 1 aliphatic heterocycles. The molecule has 0 spiro atoms. The van der Waals surface area contributed by atoms with Gasteiger partial charge in [0.1, 0.15) is 5.25 Å². The molecule has 4 nitrogen and oxygen atoms in total. The number of thioether (sulfide) groups is 2. The summed E-state index contributed by atoms with van der Waals surface area (Å²) in [4.78, 5) is 14.9. The van der Waals surface area contributed by atoms with Gasteiger partial charge in [0, 0.05) is 13.1 Å². The van der Waals surface area contributed by atoms with Gasteiger partial charge in [-0.3, -0.25) is 4.79 Å². The monoisotopic (exact) mass is 351 g/mol. The van der Waals surface area contributed by atoms with Gasteiger partial charge in [-0.05, 0) is 24.7 Å². The van der Waals surface area contributed by atoms with Gasteiger partial charge in [-0.25, -0.2) is 0 Å². The van der Waals surface area contributed by atoms with Crippen molar-refractivity contribution >= 4 is 40.8 Å². The quantitative estimate of drug-likeness (QED) is 0.768. The Morgan fingerprint density at radius 1 is 1.18 bits per heavy atom. The van der Waals surface area contributed by atoms with Crippen molar-refractivity contribution < 1.29 is 4.79 Å². The lowest BCUT2D eigenvalue weighted by molar-refractivity contribution is -0.129. The van der Waals surface area contributed by atoms with Gasteiger partial charge in [-0.1, -0.05) is 65.2 Å². The fourth-order valence-electron chi connectivity index (χ4n) is 2.42. The fourth-order valence-corrected chi connectivity index (χ4v) is 5.13. The van der Waals surface area contributed by atoms with Crippen LogP contribution in [-0.4, -0.2) is 40.3 Å². The summed E-state index contributed by atoms with van der Waals surface area (Å²) in [5.74, 6) is 0.189. The summed E-state index contributed by atoms with van der Waals surface area (Å²) in [6, 6.07) is 9.97. The second-order valence-corrected chi connectivity index (χ2v) is 8.36. The number of aromatic nitrogens is 2. The normalized spacial score (nSPS) is 16.0. The van der Waals surface area contributed by atoms with E-state index in [4.69, 9.17) is 0 Å². The molecule has 1 fully saturated rings. The van der Waals surface area contributed by atoms with E-state index in [2.05, 4.69) is 10.2 Å². The highest BCUT2D eigenvalue weighted by Crippen LogP contribution is 2.39. The average Bonchev–Trinajstić information content (AvgIpc) is 3.24. The number of benzene rings is 1. The van der Waals surface area contributed by atoms with Gasteiger partial charge in [0.15, 0.2) is 8.68 Å². The van der Waals surface area contributed by atoms with Crippen LogP contribution in [-0.2, 0) is 4.79 Å². The summed E-state index contributed by atoms with van der Waals surface area (Å²) in [6.07, 6.45) is 4.19. The lowest BCUT2D eigenvalue weighted by Crippen LogP contribution is -2.31. The SMILES string of the molecule is CSc1nnc(S[C@H](C(=O)N2CCCC2)c2ccccc2)s1. The van der Waals surface area contributed by atoms with Crippen LogP contribution in [0.5, 0.6) is 0 Å². The van der Waals surface area contributed by atoms with Gasteiger partial charge in [-0.2, -0.15) is 0 Å². The molecule has 1 amide bonds. The summed E-state index contributed by atoms with van der Waals surface area (Å²) in [7, 11) is 0. The molecule has 2 aromatic rings. The summed E-state index contributed by atoms with van der Waals surface area (Å²) in [5.41, 5.74) is 1.03. The number of hydrogen-bond acceptors (Lipinski definition) is 6. The van der Waals surface area contributed by atoms with Crippen molar-refractivity contribution in [2.45, 2.75) is 26.8 Å². The van der Waals surface area contributed by atoms with Crippen LogP contribution < -0.4 is 0 Å². The van der Waals surface area contributed by atoms with E-state index in [-0.39, 0.29) is 11.2 Å². The second kappa shape index (κ2) is 7.48. The molecule has 1 saturated heterocycles. The number of carbonyl (C=O) groups excluding carboxylic acids is 1. The van der Waals surface area contributed by atoms with Crippen molar-refractivity contribution in [2.24, 2.45) is 0 Å². The van der Waals surface area contributed by atoms with Gasteiger partial charge < -0.3 is 4.90 Å². The minimum Gasteiger partial charge on any atom is -0.341 e. The van der Waals surface area contributed by atoms with Crippen LogP contribution in [0.25, 0.3) is 0 Å².